The third-order valence-electron chi connectivity index (χ3n) is 2.90. The standard InChI is InChI=1S/C13H20O3/c1-13(10-14,16-3)8-7-11-5-4-6-12(9-11)15-2/h4-6,9,14H,7-8,10H2,1-3H3. The lowest BCUT2D eigenvalue weighted by Crippen LogP contribution is -2.32. The van der Waals surface area contributed by atoms with E-state index in [9.17, 15) is 5.11 Å². The molecular weight excluding hydrogens is 204 g/mol. The van der Waals surface area contributed by atoms with Crippen molar-refractivity contribution in [3.63, 3.8) is 0 Å². The van der Waals surface area contributed by atoms with Crippen molar-refractivity contribution in [2.75, 3.05) is 20.8 Å². The van der Waals surface area contributed by atoms with Crippen molar-refractivity contribution in [2.24, 2.45) is 0 Å². The highest BCUT2D eigenvalue weighted by Gasteiger charge is 2.21. The van der Waals surface area contributed by atoms with Crippen LogP contribution in [0.15, 0.2) is 24.3 Å². The summed E-state index contributed by atoms with van der Waals surface area (Å²) in [6, 6.07) is 7.95. The molecule has 90 valence electrons. The number of aryl methyl sites for hydroxylation is 1. The Morgan fingerprint density at radius 1 is 1.31 bits per heavy atom. The van der Waals surface area contributed by atoms with Crippen LogP contribution >= 0.6 is 0 Å². The van der Waals surface area contributed by atoms with E-state index >= 15 is 0 Å². The summed E-state index contributed by atoms with van der Waals surface area (Å²) in [5.41, 5.74) is 0.736. The fourth-order valence-corrected chi connectivity index (χ4v) is 1.48. The van der Waals surface area contributed by atoms with Crippen LogP contribution in [0.2, 0.25) is 0 Å². The number of rotatable bonds is 6. The number of hydrogen-bond donors (Lipinski definition) is 1. The van der Waals surface area contributed by atoms with Gasteiger partial charge in [0.2, 0.25) is 0 Å². The molecule has 0 saturated carbocycles. The van der Waals surface area contributed by atoms with Gasteiger partial charge in [0.1, 0.15) is 5.75 Å². The van der Waals surface area contributed by atoms with Crippen LogP contribution in [0.4, 0.5) is 0 Å². The quantitative estimate of drug-likeness (QED) is 0.803. The molecule has 1 atom stereocenters. The lowest BCUT2D eigenvalue weighted by molar-refractivity contribution is -0.0429. The molecule has 0 aliphatic rings. The van der Waals surface area contributed by atoms with Crippen LogP contribution in [-0.2, 0) is 11.2 Å². The average molecular weight is 224 g/mol. The molecule has 1 unspecified atom stereocenters. The average Bonchev–Trinajstić information content (AvgIpc) is 2.36. The van der Waals surface area contributed by atoms with Gasteiger partial charge in [-0.1, -0.05) is 12.1 Å². The first-order chi connectivity index (χ1) is 7.63. The van der Waals surface area contributed by atoms with E-state index in [-0.39, 0.29) is 6.61 Å². The molecule has 0 amide bonds. The van der Waals surface area contributed by atoms with Gasteiger partial charge in [-0.2, -0.15) is 0 Å². The van der Waals surface area contributed by atoms with Crippen LogP contribution in [0, 0.1) is 0 Å². The molecule has 0 fully saturated rings. The van der Waals surface area contributed by atoms with E-state index in [0.29, 0.717) is 0 Å². The Balaban J connectivity index is 2.60. The molecule has 0 aliphatic heterocycles. The molecular formula is C13H20O3. The summed E-state index contributed by atoms with van der Waals surface area (Å²) in [7, 11) is 3.29. The normalized spacial score (nSPS) is 14.5. The van der Waals surface area contributed by atoms with Crippen molar-refractivity contribution in [1.29, 1.82) is 0 Å². The monoisotopic (exact) mass is 224 g/mol. The lowest BCUT2D eigenvalue weighted by Gasteiger charge is -2.25. The predicted octanol–water partition coefficient (Wildman–Crippen LogP) is 2.03. The van der Waals surface area contributed by atoms with Gasteiger partial charge >= 0.3 is 0 Å². The maximum absolute atomic E-state index is 9.21. The smallest absolute Gasteiger partial charge is 0.119 e. The Labute approximate surface area is 97.0 Å². The summed E-state index contributed by atoms with van der Waals surface area (Å²) in [4.78, 5) is 0. The predicted molar refractivity (Wildman–Crippen MR) is 63.8 cm³/mol. The minimum atomic E-state index is -0.455. The minimum Gasteiger partial charge on any atom is -0.497 e. The molecule has 0 aliphatic carbocycles. The van der Waals surface area contributed by atoms with Gasteiger partial charge in [-0.25, -0.2) is 0 Å². The second-order valence-corrected chi connectivity index (χ2v) is 4.16. The van der Waals surface area contributed by atoms with Crippen LogP contribution in [0.1, 0.15) is 18.9 Å². The van der Waals surface area contributed by atoms with Crippen molar-refractivity contribution < 1.29 is 14.6 Å². The zero-order chi connectivity index (χ0) is 12.0. The van der Waals surface area contributed by atoms with Gasteiger partial charge in [0.15, 0.2) is 0 Å². The Hall–Kier alpha value is -1.06. The molecule has 0 heterocycles. The maximum Gasteiger partial charge on any atom is 0.119 e. The summed E-state index contributed by atoms with van der Waals surface area (Å²) in [5.74, 6) is 0.862. The highest BCUT2D eigenvalue weighted by molar-refractivity contribution is 5.28. The SMILES string of the molecule is COc1cccc(CCC(C)(CO)OC)c1. The van der Waals surface area contributed by atoms with Crippen molar-refractivity contribution in [3.05, 3.63) is 29.8 Å². The highest BCUT2D eigenvalue weighted by atomic mass is 16.5. The third kappa shape index (κ3) is 3.51. The van der Waals surface area contributed by atoms with E-state index in [1.807, 2.05) is 25.1 Å². The Morgan fingerprint density at radius 2 is 2.06 bits per heavy atom. The van der Waals surface area contributed by atoms with E-state index in [4.69, 9.17) is 9.47 Å². The number of aliphatic hydroxyl groups is 1. The molecule has 1 N–H and O–H groups in total. The summed E-state index contributed by atoms with van der Waals surface area (Å²) in [6.45, 7) is 1.95. The maximum atomic E-state index is 9.21. The Bertz CT molecular complexity index is 319. The first-order valence-electron chi connectivity index (χ1n) is 5.42. The number of hydrogen-bond acceptors (Lipinski definition) is 3. The van der Waals surface area contributed by atoms with Crippen molar-refractivity contribution >= 4 is 0 Å². The lowest BCUT2D eigenvalue weighted by atomic mass is 9.97. The highest BCUT2D eigenvalue weighted by Crippen LogP contribution is 2.19. The van der Waals surface area contributed by atoms with Crippen molar-refractivity contribution in [1.82, 2.24) is 0 Å². The van der Waals surface area contributed by atoms with Crippen LogP contribution in [0.25, 0.3) is 0 Å². The minimum absolute atomic E-state index is 0.0352. The fraction of sp³-hybridized carbons (Fsp3) is 0.538. The van der Waals surface area contributed by atoms with E-state index in [2.05, 4.69) is 6.07 Å². The summed E-state index contributed by atoms with van der Waals surface area (Å²) >= 11 is 0. The molecule has 3 nitrogen and oxygen atoms in total. The fourth-order valence-electron chi connectivity index (χ4n) is 1.48. The largest absolute Gasteiger partial charge is 0.497 e. The number of ether oxygens (including phenoxy) is 2. The van der Waals surface area contributed by atoms with Gasteiger partial charge in [0.05, 0.1) is 19.3 Å². The molecule has 1 rings (SSSR count). The van der Waals surface area contributed by atoms with E-state index in [1.165, 1.54) is 5.56 Å². The molecule has 1 aromatic rings. The van der Waals surface area contributed by atoms with Crippen LogP contribution in [-0.4, -0.2) is 31.5 Å². The van der Waals surface area contributed by atoms with Gasteiger partial charge in [-0.15, -0.1) is 0 Å². The molecule has 0 radical (unpaired) electrons. The molecule has 16 heavy (non-hydrogen) atoms. The molecule has 1 aromatic carbocycles. The van der Waals surface area contributed by atoms with E-state index in [0.717, 1.165) is 18.6 Å². The third-order valence-corrected chi connectivity index (χ3v) is 2.90. The van der Waals surface area contributed by atoms with Crippen molar-refractivity contribution in [2.45, 2.75) is 25.4 Å². The van der Waals surface area contributed by atoms with Crippen LogP contribution in [0.5, 0.6) is 5.75 Å². The topological polar surface area (TPSA) is 38.7 Å². The van der Waals surface area contributed by atoms with Gasteiger partial charge in [-0.05, 0) is 37.5 Å². The zero-order valence-electron chi connectivity index (χ0n) is 10.2. The van der Waals surface area contributed by atoms with Gasteiger partial charge in [0, 0.05) is 7.11 Å². The van der Waals surface area contributed by atoms with Gasteiger partial charge < -0.3 is 14.6 Å². The molecule has 0 spiro atoms. The summed E-state index contributed by atoms with van der Waals surface area (Å²) in [5, 5.41) is 9.21. The van der Waals surface area contributed by atoms with Crippen molar-refractivity contribution in [3.8, 4) is 5.75 Å². The van der Waals surface area contributed by atoms with Crippen LogP contribution in [0.3, 0.4) is 0 Å². The molecule has 3 heteroatoms. The first kappa shape index (κ1) is 13.0. The first-order valence-corrected chi connectivity index (χ1v) is 5.42. The van der Waals surface area contributed by atoms with E-state index < -0.39 is 5.60 Å². The Morgan fingerprint density at radius 3 is 2.62 bits per heavy atom. The number of benzene rings is 1. The number of methoxy groups -OCH3 is 2. The van der Waals surface area contributed by atoms with Gasteiger partial charge in [0.25, 0.3) is 0 Å². The molecule has 0 bridgehead atoms. The summed E-state index contributed by atoms with van der Waals surface area (Å²) in [6.07, 6.45) is 1.65. The molecule has 0 saturated heterocycles. The zero-order valence-corrected chi connectivity index (χ0v) is 10.2. The summed E-state index contributed by atoms with van der Waals surface area (Å²) < 4.78 is 10.4. The van der Waals surface area contributed by atoms with E-state index in [1.54, 1.807) is 14.2 Å². The second-order valence-electron chi connectivity index (χ2n) is 4.16. The Kier molecular flexibility index (Phi) is 4.77. The van der Waals surface area contributed by atoms with Gasteiger partial charge in [-0.3, -0.25) is 0 Å². The van der Waals surface area contributed by atoms with Crippen LogP contribution < -0.4 is 4.74 Å². The molecule has 0 aromatic heterocycles. The number of aliphatic hydroxyl groups excluding tert-OH is 1. The second kappa shape index (κ2) is 5.87.